The molecule has 1 N–H and O–H groups in total. The molecule has 0 atom stereocenters. The largest absolute Gasteiger partial charge is 0.383 e. The molecule has 2 aromatic carbocycles. The van der Waals surface area contributed by atoms with E-state index in [0.29, 0.717) is 23.9 Å². The second kappa shape index (κ2) is 9.02. The van der Waals surface area contributed by atoms with Crippen molar-refractivity contribution in [2.75, 3.05) is 31.6 Å². The number of halogens is 1. The fourth-order valence-electron chi connectivity index (χ4n) is 2.27. The van der Waals surface area contributed by atoms with E-state index in [4.69, 9.17) is 16.3 Å². The standard InChI is InChI=1S/C18H21ClN2O4S/c1-21(26(23,24)17-9-5-15(19)6-10-17)16-7-3-14(4-8-16)13-18(22)20-11-12-25-2/h3-10H,11-13H2,1-2H3,(H,20,22). The number of nitrogens with one attached hydrogen (secondary N) is 1. The summed E-state index contributed by atoms with van der Waals surface area (Å²) in [5.74, 6) is -0.114. The third-order valence-electron chi connectivity index (χ3n) is 3.77. The van der Waals surface area contributed by atoms with Gasteiger partial charge in [-0.3, -0.25) is 9.10 Å². The van der Waals surface area contributed by atoms with Crippen molar-refractivity contribution in [3.63, 3.8) is 0 Å². The molecule has 0 fully saturated rings. The maximum atomic E-state index is 12.7. The predicted octanol–water partition coefficient (Wildman–Crippen LogP) is 2.47. The number of methoxy groups -OCH3 is 1. The van der Waals surface area contributed by atoms with E-state index in [1.165, 1.54) is 35.6 Å². The van der Waals surface area contributed by atoms with Gasteiger partial charge in [0.05, 0.1) is 23.6 Å². The van der Waals surface area contributed by atoms with Crippen molar-refractivity contribution in [3.05, 3.63) is 59.1 Å². The molecule has 0 aromatic heterocycles. The average molecular weight is 397 g/mol. The van der Waals surface area contributed by atoms with Crippen molar-refractivity contribution in [2.45, 2.75) is 11.3 Å². The van der Waals surface area contributed by atoms with Gasteiger partial charge >= 0.3 is 0 Å². The van der Waals surface area contributed by atoms with E-state index in [9.17, 15) is 13.2 Å². The van der Waals surface area contributed by atoms with Gasteiger partial charge in [-0.1, -0.05) is 23.7 Å². The van der Waals surface area contributed by atoms with Gasteiger partial charge in [0.1, 0.15) is 0 Å². The Bertz CT molecular complexity index is 836. The molecule has 0 aliphatic rings. The zero-order chi connectivity index (χ0) is 19.2. The fourth-order valence-corrected chi connectivity index (χ4v) is 3.59. The van der Waals surface area contributed by atoms with Gasteiger partial charge in [-0.25, -0.2) is 8.42 Å². The number of hydrogen-bond acceptors (Lipinski definition) is 4. The van der Waals surface area contributed by atoms with Crippen LogP contribution in [0.5, 0.6) is 0 Å². The summed E-state index contributed by atoms with van der Waals surface area (Å²) in [6.07, 6.45) is 0.220. The molecule has 0 unspecified atom stereocenters. The minimum absolute atomic E-state index is 0.114. The lowest BCUT2D eigenvalue weighted by atomic mass is 10.1. The Morgan fingerprint density at radius 3 is 2.31 bits per heavy atom. The van der Waals surface area contributed by atoms with Crippen LogP contribution in [-0.4, -0.2) is 41.6 Å². The highest BCUT2D eigenvalue weighted by molar-refractivity contribution is 7.92. The van der Waals surface area contributed by atoms with Gasteiger partial charge in [-0.15, -0.1) is 0 Å². The van der Waals surface area contributed by atoms with Gasteiger partial charge < -0.3 is 10.1 Å². The Kier molecular flexibility index (Phi) is 7.02. The first kappa shape index (κ1) is 20.2. The van der Waals surface area contributed by atoms with Crippen LogP contribution in [0, 0.1) is 0 Å². The number of rotatable bonds is 8. The maximum Gasteiger partial charge on any atom is 0.264 e. The zero-order valence-corrected chi connectivity index (χ0v) is 16.2. The second-order valence-electron chi connectivity index (χ2n) is 5.61. The average Bonchev–Trinajstić information content (AvgIpc) is 2.62. The van der Waals surface area contributed by atoms with Crippen LogP contribution in [0.1, 0.15) is 5.56 Å². The molecular weight excluding hydrogens is 376 g/mol. The monoisotopic (exact) mass is 396 g/mol. The lowest BCUT2D eigenvalue weighted by molar-refractivity contribution is -0.120. The van der Waals surface area contributed by atoms with Crippen molar-refractivity contribution < 1.29 is 17.9 Å². The topological polar surface area (TPSA) is 75.7 Å². The number of nitrogens with zero attached hydrogens (tertiary/aromatic N) is 1. The minimum atomic E-state index is -3.68. The van der Waals surface area contributed by atoms with E-state index < -0.39 is 10.0 Å². The molecule has 8 heteroatoms. The van der Waals surface area contributed by atoms with Crippen LogP contribution in [-0.2, 0) is 26.0 Å². The fraction of sp³-hybridized carbons (Fsp3) is 0.278. The van der Waals surface area contributed by atoms with E-state index in [2.05, 4.69) is 5.32 Å². The molecule has 0 heterocycles. The zero-order valence-electron chi connectivity index (χ0n) is 14.6. The number of carbonyl (C=O) groups is 1. The highest BCUT2D eigenvalue weighted by Crippen LogP contribution is 2.23. The predicted molar refractivity (Wildman–Crippen MR) is 102 cm³/mol. The Morgan fingerprint density at radius 2 is 1.73 bits per heavy atom. The third-order valence-corrected chi connectivity index (χ3v) is 5.82. The molecule has 2 aromatic rings. The van der Waals surface area contributed by atoms with Crippen LogP contribution in [0.25, 0.3) is 0 Å². The summed E-state index contributed by atoms with van der Waals surface area (Å²) in [4.78, 5) is 12.0. The molecule has 140 valence electrons. The number of hydrogen-bond donors (Lipinski definition) is 1. The van der Waals surface area contributed by atoms with Gasteiger partial charge in [0.2, 0.25) is 5.91 Å². The van der Waals surface area contributed by atoms with Gasteiger partial charge in [0.25, 0.3) is 10.0 Å². The maximum absolute atomic E-state index is 12.7. The smallest absolute Gasteiger partial charge is 0.264 e. The summed E-state index contributed by atoms with van der Waals surface area (Å²) in [6, 6.07) is 12.8. The Labute approximate surface area is 158 Å². The molecular formula is C18H21ClN2O4S. The Morgan fingerprint density at radius 1 is 1.12 bits per heavy atom. The number of ether oxygens (including phenoxy) is 1. The van der Waals surface area contributed by atoms with Crippen molar-refractivity contribution in [2.24, 2.45) is 0 Å². The van der Waals surface area contributed by atoms with Gasteiger partial charge in [0.15, 0.2) is 0 Å². The number of benzene rings is 2. The number of anilines is 1. The summed E-state index contributed by atoms with van der Waals surface area (Å²) >= 11 is 5.81. The van der Waals surface area contributed by atoms with E-state index in [-0.39, 0.29) is 17.2 Å². The SMILES string of the molecule is COCCNC(=O)Cc1ccc(N(C)S(=O)(=O)c2ccc(Cl)cc2)cc1. The lowest BCUT2D eigenvalue weighted by Crippen LogP contribution is -2.28. The van der Waals surface area contributed by atoms with Crippen LogP contribution in [0.3, 0.4) is 0 Å². The molecule has 2 rings (SSSR count). The Hall–Kier alpha value is -2.09. The molecule has 0 spiro atoms. The van der Waals surface area contributed by atoms with Crippen molar-refractivity contribution in [3.8, 4) is 0 Å². The van der Waals surface area contributed by atoms with Crippen LogP contribution in [0.4, 0.5) is 5.69 Å². The summed E-state index contributed by atoms with van der Waals surface area (Å²) < 4.78 is 31.4. The van der Waals surface area contributed by atoms with Gasteiger partial charge in [0, 0.05) is 25.7 Å². The molecule has 0 aliphatic heterocycles. The molecule has 0 saturated heterocycles. The summed E-state index contributed by atoms with van der Waals surface area (Å²) in [5.41, 5.74) is 1.30. The molecule has 0 saturated carbocycles. The van der Waals surface area contributed by atoms with Crippen molar-refractivity contribution in [1.82, 2.24) is 5.32 Å². The van der Waals surface area contributed by atoms with E-state index in [1.54, 1.807) is 31.4 Å². The molecule has 1 amide bonds. The van der Waals surface area contributed by atoms with E-state index in [0.717, 1.165) is 5.56 Å². The Balaban J connectivity index is 2.07. The number of sulfonamides is 1. The van der Waals surface area contributed by atoms with Crippen LogP contribution in [0.15, 0.2) is 53.4 Å². The number of amides is 1. The molecule has 6 nitrogen and oxygen atoms in total. The van der Waals surface area contributed by atoms with Crippen LogP contribution in [0.2, 0.25) is 5.02 Å². The minimum Gasteiger partial charge on any atom is -0.383 e. The molecule has 0 aliphatic carbocycles. The van der Waals surface area contributed by atoms with Crippen molar-refractivity contribution >= 4 is 33.2 Å². The van der Waals surface area contributed by atoms with Crippen LogP contribution < -0.4 is 9.62 Å². The quantitative estimate of drug-likeness (QED) is 0.695. The molecule has 0 bridgehead atoms. The first-order chi connectivity index (χ1) is 12.3. The number of carbonyl (C=O) groups excluding carboxylic acids is 1. The second-order valence-corrected chi connectivity index (χ2v) is 8.02. The molecule has 0 radical (unpaired) electrons. The molecule has 26 heavy (non-hydrogen) atoms. The third kappa shape index (κ3) is 5.20. The van der Waals surface area contributed by atoms with E-state index >= 15 is 0 Å². The van der Waals surface area contributed by atoms with E-state index in [1.807, 2.05) is 0 Å². The first-order valence-electron chi connectivity index (χ1n) is 7.93. The van der Waals surface area contributed by atoms with Gasteiger partial charge in [-0.2, -0.15) is 0 Å². The summed E-state index contributed by atoms with van der Waals surface area (Å²) in [7, 11) is -0.627. The summed E-state index contributed by atoms with van der Waals surface area (Å²) in [5, 5.41) is 3.21. The highest BCUT2D eigenvalue weighted by atomic mass is 35.5. The highest BCUT2D eigenvalue weighted by Gasteiger charge is 2.21. The normalized spacial score (nSPS) is 11.2. The lowest BCUT2D eigenvalue weighted by Gasteiger charge is -2.20. The first-order valence-corrected chi connectivity index (χ1v) is 9.75. The van der Waals surface area contributed by atoms with Gasteiger partial charge in [-0.05, 0) is 42.0 Å². The van der Waals surface area contributed by atoms with Crippen LogP contribution >= 0.6 is 11.6 Å². The van der Waals surface area contributed by atoms with Crippen molar-refractivity contribution in [1.29, 1.82) is 0 Å². The summed E-state index contributed by atoms with van der Waals surface area (Å²) in [6.45, 7) is 0.910.